The normalized spacial score (nSPS) is 21.7. The number of phenolic OH excluding ortho intramolecular Hbond substituents is 1. The van der Waals surface area contributed by atoms with E-state index in [-0.39, 0.29) is 11.3 Å². The molecule has 5 nitrogen and oxygen atoms in total. The third-order valence-corrected chi connectivity index (χ3v) is 7.52. The Hall–Kier alpha value is -2.44. The number of hydrogen-bond acceptors (Lipinski definition) is 3. The standard InChI is InChI=1S/C17H14N2O3S/c20-15-5-10-8-19-9-23(19,22)16(10)6-13(15)14-7-18-17(21)12-4-2-1-3-11(12)14/h1-7,20,23H,8-9H2,(H,18,21). The van der Waals surface area contributed by atoms with Gasteiger partial charge in [-0.2, -0.15) is 0 Å². The smallest absolute Gasteiger partial charge is 0.255 e. The number of aromatic nitrogens is 1. The van der Waals surface area contributed by atoms with Gasteiger partial charge in [-0.1, -0.05) is 18.2 Å². The summed E-state index contributed by atoms with van der Waals surface area (Å²) in [5.41, 5.74) is 2.13. The monoisotopic (exact) mass is 326 g/mol. The van der Waals surface area contributed by atoms with Crippen LogP contribution in [0.3, 0.4) is 0 Å². The van der Waals surface area contributed by atoms with Gasteiger partial charge in [-0.3, -0.25) is 9.00 Å². The largest absolute Gasteiger partial charge is 0.507 e. The molecular formula is C17H14N2O3S. The van der Waals surface area contributed by atoms with Crippen molar-refractivity contribution in [2.45, 2.75) is 11.4 Å². The van der Waals surface area contributed by atoms with Crippen LogP contribution in [0.5, 0.6) is 5.75 Å². The Morgan fingerprint density at radius 2 is 1.91 bits per heavy atom. The Morgan fingerprint density at radius 1 is 1.13 bits per heavy atom. The van der Waals surface area contributed by atoms with E-state index >= 15 is 0 Å². The van der Waals surface area contributed by atoms with Crippen molar-refractivity contribution in [1.29, 1.82) is 0 Å². The van der Waals surface area contributed by atoms with Gasteiger partial charge in [-0.25, -0.2) is 4.31 Å². The van der Waals surface area contributed by atoms with Gasteiger partial charge in [0.05, 0.1) is 5.88 Å². The van der Waals surface area contributed by atoms with Crippen molar-refractivity contribution < 1.29 is 9.32 Å². The number of fused-ring (bicyclic) bond motifs is 4. The van der Waals surface area contributed by atoms with E-state index in [1.165, 1.54) is 0 Å². The molecule has 2 N–H and O–H groups in total. The van der Waals surface area contributed by atoms with Crippen LogP contribution in [0.25, 0.3) is 21.9 Å². The predicted molar refractivity (Wildman–Crippen MR) is 89.9 cm³/mol. The highest BCUT2D eigenvalue weighted by molar-refractivity contribution is 8.06. The van der Waals surface area contributed by atoms with Crippen molar-refractivity contribution in [2.75, 3.05) is 5.88 Å². The van der Waals surface area contributed by atoms with Crippen LogP contribution in [0.15, 0.2) is 52.3 Å². The summed E-state index contributed by atoms with van der Waals surface area (Å²) in [6, 6.07) is 10.8. The fourth-order valence-corrected chi connectivity index (χ4v) is 6.09. The lowest BCUT2D eigenvalue weighted by Crippen LogP contribution is -2.06. The lowest BCUT2D eigenvalue weighted by Gasteiger charge is -2.12. The molecule has 2 aliphatic rings. The van der Waals surface area contributed by atoms with Gasteiger partial charge in [0.2, 0.25) is 0 Å². The van der Waals surface area contributed by atoms with Gasteiger partial charge < -0.3 is 10.1 Å². The maximum absolute atomic E-state index is 12.7. The first-order valence-corrected chi connectivity index (χ1v) is 9.24. The number of aromatic hydroxyl groups is 1. The molecule has 1 unspecified atom stereocenters. The first-order chi connectivity index (χ1) is 11.1. The van der Waals surface area contributed by atoms with E-state index in [9.17, 15) is 14.1 Å². The predicted octanol–water partition coefficient (Wildman–Crippen LogP) is 1.98. The molecule has 3 heterocycles. The summed E-state index contributed by atoms with van der Waals surface area (Å²) in [7, 11) is -2.35. The quantitative estimate of drug-likeness (QED) is 0.473. The second-order valence-corrected chi connectivity index (χ2v) is 8.82. The molecular weight excluding hydrogens is 312 g/mol. The minimum Gasteiger partial charge on any atom is -0.507 e. The summed E-state index contributed by atoms with van der Waals surface area (Å²) in [5, 5.41) is 11.8. The lowest BCUT2D eigenvalue weighted by molar-refractivity contribution is 0.475. The molecule has 3 aromatic rings. The summed E-state index contributed by atoms with van der Waals surface area (Å²) in [6.07, 6.45) is 1.61. The van der Waals surface area contributed by atoms with Crippen molar-refractivity contribution >= 4 is 20.9 Å². The fraction of sp³-hybridized carbons (Fsp3) is 0.118. The van der Waals surface area contributed by atoms with Gasteiger partial charge in [-0.15, -0.1) is 0 Å². The van der Waals surface area contributed by atoms with Crippen LogP contribution in [-0.4, -0.2) is 24.5 Å². The lowest BCUT2D eigenvalue weighted by atomic mass is 9.99. The second-order valence-electron chi connectivity index (χ2n) is 6.08. The fourth-order valence-electron chi connectivity index (χ4n) is 3.50. The second kappa shape index (κ2) is 4.10. The van der Waals surface area contributed by atoms with Crippen LogP contribution < -0.4 is 5.56 Å². The molecule has 0 radical (unpaired) electrons. The summed E-state index contributed by atoms with van der Waals surface area (Å²) in [5.74, 6) is 0.785. The number of H-pyrrole nitrogens is 1. The van der Waals surface area contributed by atoms with E-state index < -0.39 is 10.1 Å². The molecule has 116 valence electrons. The maximum atomic E-state index is 12.7. The van der Waals surface area contributed by atoms with Crippen LogP contribution >= 0.6 is 0 Å². The maximum Gasteiger partial charge on any atom is 0.255 e. The molecule has 1 saturated heterocycles. The highest BCUT2D eigenvalue weighted by Crippen LogP contribution is 2.50. The SMILES string of the molecule is O=c1[nH]cc(-c2cc3c(cc2O)CN2C[SH]32=O)c2ccccc12. The zero-order valence-corrected chi connectivity index (χ0v) is 13.0. The molecule has 0 aliphatic carbocycles. The van der Waals surface area contributed by atoms with Crippen LogP contribution in [0.4, 0.5) is 0 Å². The minimum atomic E-state index is -2.35. The number of benzene rings is 2. The molecule has 0 spiro atoms. The van der Waals surface area contributed by atoms with Crippen molar-refractivity contribution in [3.63, 3.8) is 0 Å². The van der Waals surface area contributed by atoms with Gasteiger partial charge in [-0.05, 0) is 39.3 Å². The first-order valence-electron chi connectivity index (χ1n) is 7.40. The summed E-state index contributed by atoms with van der Waals surface area (Å²) in [6.45, 7) is 0.646. The molecule has 1 atom stereocenters. The molecule has 6 heteroatoms. The number of rotatable bonds is 1. The molecule has 0 bridgehead atoms. The number of pyridine rings is 1. The first kappa shape index (κ1) is 13.0. The minimum absolute atomic E-state index is 0.149. The van der Waals surface area contributed by atoms with Crippen molar-refractivity contribution in [1.82, 2.24) is 9.29 Å². The highest BCUT2D eigenvalue weighted by atomic mass is 32.3. The number of nitrogens with one attached hydrogen (secondary N) is 1. The molecule has 2 aromatic carbocycles. The van der Waals surface area contributed by atoms with E-state index in [1.807, 2.05) is 28.6 Å². The Morgan fingerprint density at radius 3 is 2.74 bits per heavy atom. The van der Waals surface area contributed by atoms with Crippen LogP contribution in [0.1, 0.15) is 5.56 Å². The van der Waals surface area contributed by atoms with Gasteiger partial charge in [0.15, 0.2) is 0 Å². The molecule has 0 amide bonds. The van der Waals surface area contributed by atoms with Gasteiger partial charge in [0.25, 0.3) is 5.56 Å². The molecule has 1 aromatic heterocycles. The number of aromatic amines is 1. The number of thiol groups is 1. The van der Waals surface area contributed by atoms with Crippen molar-refractivity contribution in [3.8, 4) is 16.9 Å². The Bertz CT molecular complexity index is 1100. The van der Waals surface area contributed by atoms with E-state index in [0.717, 1.165) is 21.4 Å². The third kappa shape index (κ3) is 1.64. The zero-order chi connectivity index (χ0) is 15.8. The van der Waals surface area contributed by atoms with E-state index in [1.54, 1.807) is 18.3 Å². The van der Waals surface area contributed by atoms with Crippen LogP contribution in [0.2, 0.25) is 0 Å². The zero-order valence-electron chi connectivity index (χ0n) is 12.1. The summed E-state index contributed by atoms with van der Waals surface area (Å²) >= 11 is 0. The highest BCUT2D eigenvalue weighted by Gasteiger charge is 2.49. The molecule has 1 fully saturated rings. The van der Waals surface area contributed by atoms with Gasteiger partial charge >= 0.3 is 0 Å². The molecule has 2 aliphatic heterocycles. The topological polar surface area (TPSA) is 73.2 Å². The van der Waals surface area contributed by atoms with Gasteiger partial charge in [0.1, 0.15) is 5.75 Å². The average Bonchev–Trinajstić information content (AvgIpc) is 3.12. The van der Waals surface area contributed by atoms with E-state index in [4.69, 9.17) is 0 Å². The number of phenols is 1. The molecule has 5 rings (SSSR count). The van der Waals surface area contributed by atoms with Crippen LogP contribution in [-0.2, 0) is 16.7 Å². The van der Waals surface area contributed by atoms with Crippen molar-refractivity contribution in [2.24, 2.45) is 0 Å². The number of nitrogens with zero attached hydrogens (tertiary/aromatic N) is 1. The van der Waals surface area contributed by atoms with Crippen molar-refractivity contribution in [3.05, 3.63) is 58.5 Å². The summed E-state index contributed by atoms with van der Waals surface area (Å²) in [4.78, 5) is 15.5. The number of hydrogen-bond donors (Lipinski definition) is 3. The third-order valence-electron chi connectivity index (χ3n) is 4.75. The Labute approximate surface area is 132 Å². The Kier molecular flexibility index (Phi) is 2.32. The average molecular weight is 326 g/mol. The van der Waals surface area contributed by atoms with E-state index in [2.05, 4.69) is 4.98 Å². The Balaban J connectivity index is 1.83. The molecule has 0 saturated carbocycles. The van der Waals surface area contributed by atoms with Crippen LogP contribution in [0, 0.1) is 0 Å². The molecule has 23 heavy (non-hydrogen) atoms. The summed E-state index contributed by atoms with van der Waals surface area (Å²) < 4.78 is 14.7. The van der Waals surface area contributed by atoms with E-state index in [0.29, 0.717) is 23.4 Å². The van der Waals surface area contributed by atoms with Gasteiger partial charge in [0, 0.05) is 34.2 Å².